The molecule has 1 amide bonds. The topological polar surface area (TPSA) is 55.6 Å². The largest absolute Gasteiger partial charge is 0.368 e. The van der Waals surface area contributed by atoms with E-state index in [4.69, 9.17) is 10.6 Å². The van der Waals surface area contributed by atoms with E-state index in [1.54, 1.807) is 7.05 Å². The van der Waals surface area contributed by atoms with Gasteiger partial charge in [-0.15, -0.1) is 0 Å². The molecule has 1 aromatic rings. The molecule has 0 spiro atoms. The quantitative estimate of drug-likeness (QED) is 0.720. The number of nitrogens with zero attached hydrogens (tertiary/aromatic N) is 1. The molecule has 82 valence electrons. The summed E-state index contributed by atoms with van der Waals surface area (Å²) in [7, 11) is 3.21. The zero-order valence-electron chi connectivity index (χ0n) is 9.01. The normalized spacial score (nSPS) is 12.7. The fourth-order valence-electron chi connectivity index (χ4n) is 1.37. The Labute approximate surface area is 89.6 Å². The second kappa shape index (κ2) is 5.48. The molecule has 0 aliphatic heterocycles. The Morgan fingerprint density at radius 2 is 2.07 bits per heavy atom. The summed E-state index contributed by atoms with van der Waals surface area (Å²) in [4.78, 5) is 16.2. The van der Waals surface area contributed by atoms with Crippen LogP contribution in [-0.2, 0) is 16.1 Å². The van der Waals surface area contributed by atoms with E-state index in [-0.39, 0.29) is 5.91 Å². The van der Waals surface area contributed by atoms with Crippen molar-refractivity contribution in [3.05, 3.63) is 35.9 Å². The van der Waals surface area contributed by atoms with E-state index in [2.05, 4.69) is 0 Å². The molecule has 0 fully saturated rings. The lowest BCUT2D eigenvalue weighted by Crippen LogP contribution is -2.43. The van der Waals surface area contributed by atoms with Gasteiger partial charge in [0.1, 0.15) is 6.04 Å². The first-order valence-electron chi connectivity index (χ1n) is 4.75. The molecule has 1 rings (SSSR count). The van der Waals surface area contributed by atoms with Gasteiger partial charge in [-0.1, -0.05) is 30.3 Å². The van der Waals surface area contributed by atoms with Crippen LogP contribution in [0.4, 0.5) is 0 Å². The number of hydrogen-bond acceptors (Lipinski definition) is 3. The Morgan fingerprint density at radius 3 is 2.53 bits per heavy atom. The number of nitrogens with two attached hydrogens (primary N) is 1. The van der Waals surface area contributed by atoms with E-state index >= 15 is 0 Å². The summed E-state index contributed by atoms with van der Waals surface area (Å²) in [5, 5.41) is 1.47. The number of benzene rings is 1. The Morgan fingerprint density at radius 1 is 1.47 bits per heavy atom. The SMILES string of the molecule is CON(C)[C@@H](Cc1ccccc1)C(N)=O. The van der Waals surface area contributed by atoms with Crippen molar-refractivity contribution in [2.24, 2.45) is 5.73 Å². The Bertz CT molecular complexity index is 314. The average Bonchev–Trinajstić information content (AvgIpc) is 2.26. The molecule has 0 aliphatic rings. The zero-order chi connectivity index (χ0) is 11.3. The maximum atomic E-state index is 11.2. The summed E-state index contributed by atoms with van der Waals surface area (Å²) in [6, 6.07) is 9.28. The molecule has 0 saturated carbocycles. The molecule has 0 radical (unpaired) electrons. The first kappa shape index (κ1) is 11.7. The summed E-state index contributed by atoms with van der Waals surface area (Å²) in [5.74, 6) is -0.386. The minimum absolute atomic E-state index is 0.386. The third kappa shape index (κ3) is 3.34. The highest BCUT2D eigenvalue weighted by molar-refractivity contribution is 5.80. The number of rotatable bonds is 5. The molecular formula is C11H16N2O2. The van der Waals surface area contributed by atoms with Crippen LogP contribution in [0.15, 0.2) is 30.3 Å². The van der Waals surface area contributed by atoms with Crippen LogP contribution < -0.4 is 5.73 Å². The molecule has 1 atom stereocenters. The predicted octanol–water partition coefficient (Wildman–Crippen LogP) is 0.576. The van der Waals surface area contributed by atoms with Gasteiger partial charge in [0.25, 0.3) is 0 Å². The first-order chi connectivity index (χ1) is 7.15. The fraction of sp³-hybridized carbons (Fsp3) is 0.364. The van der Waals surface area contributed by atoms with Crippen molar-refractivity contribution in [1.82, 2.24) is 5.06 Å². The van der Waals surface area contributed by atoms with Gasteiger partial charge in [0.2, 0.25) is 5.91 Å². The number of likely N-dealkylation sites (N-methyl/N-ethyl adjacent to an activating group) is 1. The van der Waals surface area contributed by atoms with Crippen molar-refractivity contribution in [3.63, 3.8) is 0 Å². The summed E-state index contributed by atoms with van der Waals surface area (Å²) in [5.41, 5.74) is 6.36. The van der Waals surface area contributed by atoms with Gasteiger partial charge in [0.05, 0.1) is 7.11 Å². The minimum atomic E-state index is -0.433. The van der Waals surface area contributed by atoms with Crippen LogP contribution in [0.2, 0.25) is 0 Å². The zero-order valence-corrected chi connectivity index (χ0v) is 9.01. The van der Waals surface area contributed by atoms with Crippen LogP contribution in [0.3, 0.4) is 0 Å². The van der Waals surface area contributed by atoms with Crippen LogP contribution >= 0.6 is 0 Å². The van der Waals surface area contributed by atoms with Crippen LogP contribution in [-0.4, -0.2) is 31.2 Å². The molecule has 2 N–H and O–H groups in total. The smallest absolute Gasteiger partial charge is 0.237 e. The molecule has 0 heterocycles. The van der Waals surface area contributed by atoms with E-state index in [0.717, 1.165) is 5.56 Å². The van der Waals surface area contributed by atoms with Gasteiger partial charge in [0, 0.05) is 7.05 Å². The predicted molar refractivity (Wildman–Crippen MR) is 57.9 cm³/mol. The number of carbonyl (C=O) groups excluding carboxylic acids is 1. The average molecular weight is 208 g/mol. The van der Waals surface area contributed by atoms with Gasteiger partial charge in [0.15, 0.2) is 0 Å². The Balaban J connectivity index is 2.71. The van der Waals surface area contributed by atoms with Gasteiger partial charge < -0.3 is 10.6 Å². The molecule has 0 aliphatic carbocycles. The molecule has 15 heavy (non-hydrogen) atoms. The number of amides is 1. The lowest BCUT2D eigenvalue weighted by Gasteiger charge is -2.22. The highest BCUT2D eigenvalue weighted by Gasteiger charge is 2.20. The standard InChI is InChI=1S/C11H16N2O2/c1-13(15-2)10(11(12)14)8-9-6-4-3-5-7-9/h3-7,10H,8H2,1-2H3,(H2,12,14)/t10-/m0/s1. The van der Waals surface area contributed by atoms with Crippen molar-refractivity contribution in [1.29, 1.82) is 0 Å². The van der Waals surface area contributed by atoms with Crippen molar-refractivity contribution >= 4 is 5.91 Å². The van der Waals surface area contributed by atoms with Crippen molar-refractivity contribution in [2.75, 3.05) is 14.2 Å². The fourth-order valence-corrected chi connectivity index (χ4v) is 1.37. The van der Waals surface area contributed by atoms with E-state index in [1.807, 2.05) is 30.3 Å². The van der Waals surface area contributed by atoms with Crippen LogP contribution in [0, 0.1) is 0 Å². The highest BCUT2D eigenvalue weighted by Crippen LogP contribution is 2.07. The highest BCUT2D eigenvalue weighted by atomic mass is 16.7. The minimum Gasteiger partial charge on any atom is -0.368 e. The number of carbonyl (C=O) groups is 1. The number of hydrogen-bond donors (Lipinski definition) is 1. The van der Waals surface area contributed by atoms with Gasteiger partial charge >= 0.3 is 0 Å². The van der Waals surface area contributed by atoms with Crippen LogP contribution in [0.1, 0.15) is 5.56 Å². The van der Waals surface area contributed by atoms with Gasteiger partial charge in [-0.3, -0.25) is 4.79 Å². The van der Waals surface area contributed by atoms with Crippen LogP contribution in [0.25, 0.3) is 0 Å². The maximum absolute atomic E-state index is 11.2. The van der Waals surface area contributed by atoms with Gasteiger partial charge in [-0.2, -0.15) is 5.06 Å². The number of hydroxylamine groups is 2. The van der Waals surface area contributed by atoms with Crippen molar-refractivity contribution < 1.29 is 9.63 Å². The lowest BCUT2D eigenvalue weighted by atomic mass is 10.1. The molecular weight excluding hydrogens is 192 g/mol. The molecule has 0 aromatic heterocycles. The van der Waals surface area contributed by atoms with Gasteiger partial charge in [-0.25, -0.2) is 0 Å². The van der Waals surface area contributed by atoms with Gasteiger partial charge in [-0.05, 0) is 12.0 Å². The molecule has 0 saturated heterocycles. The lowest BCUT2D eigenvalue weighted by molar-refractivity contribution is -0.158. The molecule has 1 aromatic carbocycles. The summed E-state index contributed by atoms with van der Waals surface area (Å²) >= 11 is 0. The monoisotopic (exact) mass is 208 g/mol. The summed E-state index contributed by atoms with van der Waals surface area (Å²) < 4.78 is 0. The first-order valence-corrected chi connectivity index (χ1v) is 4.75. The third-order valence-corrected chi connectivity index (χ3v) is 2.33. The molecule has 4 heteroatoms. The van der Waals surface area contributed by atoms with Crippen molar-refractivity contribution in [3.8, 4) is 0 Å². The van der Waals surface area contributed by atoms with E-state index in [0.29, 0.717) is 6.42 Å². The molecule has 0 unspecified atom stereocenters. The number of primary amides is 1. The second-order valence-electron chi connectivity index (χ2n) is 3.34. The summed E-state index contributed by atoms with van der Waals surface area (Å²) in [6.45, 7) is 0. The third-order valence-electron chi connectivity index (χ3n) is 2.33. The van der Waals surface area contributed by atoms with E-state index in [1.165, 1.54) is 12.2 Å². The van der Waals surface area contributed by atoms with E-state index < -0.39 is 6.04 Å². The molecule has 0 bridgehead atoms. The van der Waals surface area contributed by atoms with Crippen molar-refractivity contribution in [2.45, 2.75) is 12.5 Å². The Hall–Kier alpha value is -1.39. The summed E-state index contributed by atoms with van der Waals surface area (Å²) in [6.07, 6.45) is 0.556. The van der Waals surface area contributed by atoms with Crippen LogP contribution in [0.5, 0.6) is 0 Å². The Kier molecular flexibility index (Phi) is 4.27. The maximum Gasteiger partial charge on any atom is 0.237 e. The second-order valence-corrected chi connectivity index (χ2v) is 3.34. The van der Waals surface area contributed by atoms with E-state index in [9.17, 15) is 4.79 Å². The molecule has 4 nitrogen and oxygen atoms in total.